The molecule has 2 fully saturated rings. The van der Waals surface area contributed by atoms with Crippen LogP contribution in [0.2, 0.25) is 5.02 Å². The Labute approximate surface area is 219 Å². The minimum absolute atomic E-state index is 0.00445. The standard InChI is InChI=1S/C28H38ClN5O2/c1-19-16-21(9-10-24(19)29)6-4-8-25-20(2)26(32-18-31-25)28(36)33-14-11-23(12-15-33)34-13-5-7-22(17-34)27(35)30-3/h9-10,16,18,22-23H,4-8,11-15,17H2,1-3H3,(H,30,35)/t22-/m0/s1. The molecule has 1 atom stereocenters. The zero-order valence-corrected chi connectivity index (χ0v) is 22.5. The number of aryl methyl sites for hydroxylation is 3. The van der Waals surface area contributed by atoms with Crippen LogP contribution in [0, 0.1) is 19.8 Å². The molecule has 2 amide bonds. The van der Waals surface area contributed by atoms with Crippen molar-refractivity contribution in [1.29, 1.82) is 0 Å². The van der Waals surface area contributed by atoms with E-state index in [2.05, 4.69) is 32.3 Å². The van der Waals surface area contributed by atoms with Gasteiger partial charge >= 0.3 is 0 Å². The van der Waals surface area contributed by atoms with Crippen LogP contribution in [0.15, 0.2) is 24.5 Å². The number of likely N-dealkylation sites (tertiary alicyclic amines) is 2. The molecule has 4 rings (SSSR count). The second kappa shape index (κ2) is 12.2. The summed E-state index contributed by atoms with van der Waals surface area (Å²) in [5, 5.41) is 3.59. The molecule has 0 aliphatic carbocycles. The third kappa shape index (κ3) is 6.24. The highest BCUT2D eigenvalue weighted by molar-refractivity contribution is 6.31. The molecule has 194 valence electrons. The van der Waals surface area contributed by atoms with Crippen molar-refractivity contribution in [2.45, 2.75) is 64.8 Å². The average molecular weight is 512 g/mol. The van der Waals surface area contributed by atoms with E-state index in [1.54, 1.807) is 7.05 Å². The molecule has 2 aliphatic heterocycles. The van der Waals surface area contributed by atoms with Gasteiger partial charge in [0.2, 0.25) is 5.91 Å². The van der Waals surface area contributed by atoms with E-state index in [0.717, 1.165) is 93.0 Å². The topological polar surface area (TPSA) is 78.4 Å². The van der Waals surface area contributed by atoms with Gasteiger partial charge in [-0.3, -0.25) is 14.5 Å². The van der Waals surface area contributed by atoms with E-state index in [-0.39, 0.29) is 17.7 Å². The Morgan fingerprint density at radius 1 is 1.08 bits per heavy atom. The minimum Gasteiger partial charge on any atom is -0.359 e. The van der Waals surface area contributed by atoms with Crippen LogP contribution in [0.25, 0.3) is 0 Å². The predicted octanol–water partition coefficient (Wildman–Crippen LogP) is 3.98. The lowest BCUT2D eigenvalue weighted by Gasteiger charge is -2.42. The highest BCUT2D eigenvalue weighted by Crippen LogP contribution is 2.25. The van der Waals surface area contributed by atoms with Crippen LogP contribution in [-0.4, -0.2) is 70.9 Å². The van der Waals surface area contributed by atoms with Crippen molar-refractivity contribution in [2.24, 2.45) is 5.92 Å². The zero-order valence-electron chi connectivity index (χ0n) is 21.7. The largest absolute Gasteiger partial charge is 0.359 e. The monoisotopic (exact) mass is 511 g/mol. The minimum atomic E-state index is 0.00445. The number of rotatable bonds is 7. The van der Waals surface area contributed by atoms with Gasteiger partial charge in [-0.2, -0.15) is 0 Å². The summed E-state index contributed by atoms with van der Waals surface area (Å²) in [4.78, 5) is 38.7. The summed E-state index contributed by atoms with van der Waals surface area (Å²) in [6, 6.07) is 6.59. The maximum atomic E-state index is 13.4. The smallest absolute Gasteiger partial charge is 0.272 e. The molecule has 8 heteroatoms. The first kappa shape index (κ1) is 26.6. The van der Waals surface area contributed by atoms with Gasteiger partial charge in [-0.1, -0.05) is 23.7 Å². The van der Waals surface area contributed by atoms with Gasteiger partial charge in [0, 0.05) is 49.0 Å². The molecule has 1 aromatic heterocycles. The third-order valence-electron chi connectivity index (χ3n) is 7.83. The molecule has 0 radical (unpaired) electrons. The third-order valence-corrected chi connectivity index (χ3v) is 8.25. The normalized spacial score (nSPS) is 19.3. The highest BCUT2D eigenvalue weighted by atomic mass is 35.5. The van der Waals surface area contributed by atoms with E-state index in [1.807, 2.05) is 24.8 Å². The summed E-state index contributed by atoms with van der Waals surface area (Å²) >= 11 is 6.14. The fraction of sp³-hybridized carbons (Fsp3) is 0.571. The molecule has 0 spiro atoms. The molecular weight excluding hydrogens is 474 g/mol. The summed E-state index contributed by atoms with van der Waals surface area (Å²) in [5.74, 6) is 0.227. The van der Waals surface area contributed by atoms with Gasteiger partial charge < -0.3 is 10.2 Å². The van der Waals surface area contributed by atoms with E-state index in [1.165, 1.54) is 11.9 Å². The number of halogens is 1. The average Bonchev–Trinajstić information content (AvgIpc) is 2.91. The first-order chi connectivity index (χ1) is 17.4. The number of nitrogens with one attached hydrogen (secondary N) is 1. The van der Waals surface area contributed by atoms with E-state index in [9.17, 15) is 9.59 Å². The van der Waals surface area contributed by atoms with Gasteiger partial charge in [-0.05, 0) is 82.5 Å². The highest BCUT2D eigenvalue weighted by Gasteiger charge is 2.33. The Morgan fingerprint density at radius 3 is 2.58 bits per heavy atom. The number of hydrogen-bond acceptors (Lipinski definition) is 5. The number of piperidine rings is 2. The van der Waals surface area contributed by atoms with Crippen LogP contribution in [-0.2, 0) is 17.6 Å². The van der Waals surface area contributed by atoms with Gasteiger partial charge in [-0.25, -0.2) is 9.97 Å². The fourth-order valence-corrected chi connectivity index (χ4v) is 5.73. The van der Waals surface area contributed by atoms with E-state index in [0.29, 0.717) is 11.7 Å². The summed E-state index contributed by atoms with van der Waals surface area (Å²) in [7, 11) is 1.71. The first-order valence-corrected chi connectivity index (χ1v) is 13.6. The van der Waals surface area contributed by atoms with Gasteiger partial charge in [0.25, 0.3) is 5.91 Å². The van der Waals surface area contributed by atoms with Crippen LogP contribution in [0.4, 0.5) is 0 Å². The fourth-order valence-electron chi connectivity index (χ4n) is 5.62. The number of aromatic nitrogens is 2. The predicted molar refractivity (Wildman–Crippen MR) is 142 cm³/mol. The number of hydrogen-bond donors (Lipinski definition) is 1. The zero-order chi connectivity index (χ0) is 25.7. The quantitative estimate of drug-likeness (QED) is 0.608. The van der Waals surface area contributed by atoms with Crippen LogP contribution >= 0.6 is 11.6 Å². The lowest BCUT2D eigenvalue weighted by Crippen LogP contribution is -2.51. The van der Waals surface area contributed by atoms with Crippen LogP contribution in [0.1, 0.15) is 65.0 Å². The van der Waals surface area contributed by atoms with Crippen molar-refractivity contribution >= 4 is 23.4 Å². The van der Waals surface area contributed by atoms with Gasteiger partial charge in [0.15, 0.2) is 0 Å². The lowest BCUT2D eigenvalue weighted by atomic mass is 9.93. The molecule has 7 nitrogen and oxygen atoms in total. The second-order valence-electron chi connectivity index (χ2n) is 10.2. The molecule has 2 saturated heterocycles. The van der Waals surface area contributed by atoms with Crippen LogP contribution < -0.4 is 5.32 Å². The number of amides is 2. The first-order valence-electron chi connectivity index (χ1n) is 13.2. The Morgan fingerprint density at radius 2 is 1.86 bits per heavy atom. The summed E-state index contributed by atoms with van der Waals surface area (Å²) in [6.07, 6.45) is 8.11. The van der Waals surface area contributed by atoms with Crippen molar-refractivity contribution < 1.29 is 9.59 Å². The van der Waals surface area contributed by atoms with E-state index >= 15 is 0 Å². The molecule has 2 aromatic rings. The number of benzene rings is 1. The number of nitrogens with zero attached hydrogens (tertiary/aromatic N) is 4. The Bertz CT molecular complexity index is 1080. The van der Waals surface area contributed by atoms with Crippen LogP contribution in [0.3, 0.4) is 0 Å². The number of carbonyl (C=O) groups excluding carboxylic acids is 2. The van der Waals surface area contributed by atoms with Crippen molar-refractivity contribution in [1.82, 2.24) is 25.1 Å². The SMILES string of the molecule is CNC(=O)[C@H]1CCCN(C2CCN(C(=O)c3ncnc(CCCc4ccc(Cl)c(C)c4)c3C)CC2)C1. The maximum Gasteiger partial charge on any atom is 0.272 e. The van der Waals surface area contributed by atoms with E-state index in [4.69, 9.17) is 11.6 Å². The van der Waals surface area contributed by atoms with Crippen molar-refractivity contribution in [2.75, 3.05) is 33.2 Å². The summed E-state index contributed by atoms with van der Waals surface area (Å²) < 4.78 is 0. The molecule has 1 aromatic carbocycles. The van der Waals surface area contributed by atoms with E-state index < -0.39 is 0 Å². The molecule has 3 heterocycles. The Kier molecular flexibility index (Phi) is 8.96. The Hall–Kier alpha value is -2.51. The Balaban J connectivity index is 1.31. The second-order valence-corrected chi connectivity index (χ2v) is 10.6. The van der Waals surface area contributed by atoms with Gasteiger partial charge in [-0.15, -0.1) is 0 Å². The lowest BCUT2D eigenvalue weighted by molar-refractivity contribution is -0.126. The van der Waals surface area contributed by atoms with Crippen LogP contribution in [0.5, 0.6) is 0 Å². The molecule has 1 N–H and O–H groups in total. The molecule has 0 bridgehead atoms. The molecule has 36 heavy (non-hydrogen) atoms. The maximum absolute atomic E-state index is 13.4. The molecular formula is C28H38ClN5O2. The molecule has 2 aliphatic rings. The van der Waals surface area contributed by atoms with Crippen molar-refractivity contribution in [3.8, 4) is 0 Å². The summed E-state index contributed by atoms with van der Waals surface area (Å²) in [6.45, 7) is 7.29. The van der Waals surface area contributed by atoms with Gasteiger partial charge in [0.1, 0.15) is 12.0 Å². The van der Waals surface area contributed by atoms with Crippen molar-refractivity contribution in [3.05, 3.63) is 57.6 Å². The van der Waals surface area contributed by atoms with Gasteiger partial charge in [0.05, 0.1) is 5.92 Å². The van der Waals surface area contributed by atoms with Crippen molar-refractivity contribution in [3.63, 3.8) is 0 Å². The number of carbonyl (C=O) groups is 2. The summed E-state index contributed by atoms with van der Waals surface area (Å²) in [5.41, 5.74) is 4.72. The molecule has 0 saturated carbocycles. The molecule has 0 unspecified atom stereocenters.